The molecule has 5 rings (SSSR count). The summed E-state index contributed by atoms with van der Waals surface area (Å²) < 4.78 is 18.0. The monoisotopic (exact) mass is 515 g/mol. The number of carboxylic acids is 1. The average molecular weight is 516 g/mol. The maximum Gasteiger partial charge on any atom is 0.326 e. The van der Waals surface area contributed by atoms with E-state index in [2.05, 4.69) is 0 Å². The molecule has 1 saturated heterocycles. The van der Waals surface area contributed by atoms with Crippen LogP contribution in [0.25, 0.3) is 0 Å². The Morgan fingerprint density at radius 3 is 2.37 bits per heavy atom. The van der Waals surface area contributed by atoms with E-state index in [1.807, 2.05) is 79.7 Å². The summed E-state index contributed by atoms with van der Waals surface area (Å²) in [4.78, 5) is 28.0. The van der Waals surface area contributed by atoms with Gasteiger partial charge < -0.3 is 24.2 Å². The molecule has 1 fully saturated rings. The number of carbonyl (C=O) groups is 2. The van der Waals surface area contributed by atoms with E-state index >= 15 is 0 Å². The van der Waals surface area contributed by atoms with Crippen molar-refractivity contribution in [1.82, 2.24) is 4.90 Å². The molecule has 0 spiro atoms. The van der Waals surface area contributed by atoms with Gasteiger partial charge in [0.2, 0.25) is 0 Å². The fourth-order valence-corrected chi connectivity index (χ4v) is 5.20. The Labute approximate surface area is 222 Å². The molecule has 1 N–H and O–H groups in total. The van der Waals surface area contributed by atoms with Gasteiger partial charge in [0.1, 0.15) is 18.4 Å². The molecule has 3 aromatic carbocycles. The van der Waals surface area contributed by atoms with E-state index in [4.69, 9.17) is 14.2 Å². The molecule has 2 aliphatic rings. The fraction of sp³-hybridized carbons (Fsp3) is 0.355. The Bertz CT molecular complexity index is 1260. The highest BCUT2D eigenvalue weighted by atomic mass is 16.5. The molecule has 38 heavy (non-hydrogen) atoms. The highest BCUT2D eigenvalue weighted by Gasteiger charge is 2.40. The van der Waals surface area contributed by atoms with Gasteiger partial charge >= 0.3 is 5.97 Å². The minimum atomic E-state index is -1.04. The van der Waals surface area contributed by atoms with Crippen LogP contribution < -0.4 is 4.74 Å². The van der Waals surface area contributed by atoms with Crippen molar-refractivity contribution in [3.8, 4) is 5.75 Å². The third-order valence-electron chi connectivity index (χ3n) is 7.29. The van der Waals surface area contributed by atoms with Gasteiger partial charge in [-0.1, -0.05) is 72.8 Å². The molecule has 2 aliphatic heterocycles. The third-order valence-corrected chi connectivity index (χ3v) is 7.29. The van der Waals surface area contributed by atoms with Crippen molar-refractivity contribution in [2.24, 2.45) is 0 Å². The van der Waals surface area contributed by atoms with Crippen molar-refractivity contribution in [3.63, 3.8) is 0 Å². The Hall–Kier alpha value is -3.68. The number of amides is 1. The SMILES string of the molecule is Cc1ccc2c(c1OCc1ccccc1)C[C@H](C(=O)O)N(C(=O)[C@@H](OC1CCOCC1)c1ccccc1)C2. The van der Waals surface area contributed by atoms with Gasteiger partial charge in [0.05, 0.1) is 6.10 Å². The van der Waals surface area contributed by atoms with Crippen LogP contribution in [0, 0.1) is 6.92 Å². The number of ether oxygens (including phenoxy) is 3. The highest BCUT2D eigenvalue weighted by Crippen LogP contribution is 2.36. The van der Waals surface area contributed by atoms with Crippen LogP contribution in [-0.2, 0) is 38.6 Å². The normalized spacial score (nSPS) is 18.4. The fourth-order valence-electron chi connectivity index (χ4n) is 5.20. The van der Waals surface area contributed by atoms with Gasteiger partial charge in [0, 0.05) is 31.7 Å². The van der Waals surface area contributed by atoms with Crippen LogP contribution in [-0.4, -0.2) is 47.2 Å². The minimum absolute atomic E-state index is 0.126. The van der Waals surface area contributed by atoms with Crippen LogP contribution >= 0.6 is 0 Å². The zero-order chi connectivity index (χ0) is 26.5. The van der Waals surface area contributed by atoms with E-state index in [0.717, 1.165) is 27.8 Å². The number of rotatable bonds is 8. The largest absolute Gasteiger partial charge is 0.488 e. The topological polar surface area (TPSA) is 85.3 Å². The highest BCUT2D eigenvalue weighted by molar-refractivity contribution is 5.88. The molecule has 1 amide bonds. The maximum absolute atomic E-state index is 14.0. The second-order valence-electron chi connectivity index (χ2n) is 9.89. The van der Waals surface area contributed by atoms with E-state index in [1.54, 1.807) is 0 Å². The van der Waals surface area contributed by atoms with E-state index < -0.39 is 18.1 Å². The van der Waals surface area contributed by atoms with E-state index in [1.165, 1.54) is 4.90 Å². The van der Waals surface area contributed by atoms with Gasteiger partial charge in [-0.3, -0.25) is 4.79 Å². The molecule has 0 radical (unpaired) electrons. The molecular weight excluding hydrogens is 482 g/mol. The summed E-state index contributed by atoms with van der Waals surface area (Å²) in [5.41, 5.74) is 4.42. The number of benzene rings is 3. The molecule has 0 unspecified atom stereocenters. The molecule has 0 aliphatic carbocycles. The number of carbonyl (C=O) groups excluding carboxylic acids is 1. The van der Waals surface area contributed by atoms with Crippen LogP contribution in [0.2, 0.25) is 0 Å². The summed E-state index contributed by atoms with van der Waals surface area (Å²) in [5, 5.41) is 10.2. The standard InChI is InChI=1S/C31H33NO6/c1-21-12-13-24-19-32(27(31(34)35)18-26(24)28(21)37-20-22-8-4-2-5-9-22)30(33)29(23-10-6-3-7-11-23)38-25-14-16-36-17-15-25/h2-13,25,27,29H,14-20H2,1H3,(H,34,35)/t27-,29+/m1/s1. The van der Waals surface area contributed by atoms with Gasteiger partial charge in [-0.25, -0.2) is 4.79 Å². The van der Waals surface area contributed by atoms with E-state index in [-0.39, 0.29) is 25.0 Å². The first-order valence-electron chi connectivity index (χ1n) is 13.1. The maximum atomic E-state index is 14.0. The van der Waals surface area contributed by atoms with Gasteiger partial charge in [0.25, 0.3) is 5.91 Å². The average Bonchev–Trinajstić information content (AvgIpc) is 2.96. The number of aryl methyl sites for hydroxylation is 1. The lowest BCUT2D eigenvalue weighted by Gasteiger charge is -2.38. The van der Waals surface area contributed by atoms with Crippen molar-refractivity contribution >= 4 is 11.9 Å². The van der Waals surface area contributed by atoms with E-state index in [0.29, 0.717) is 38.4 Å². The number of aliphatic carboxylic acids is 1. The lowest BCUT2D eigenvalue weighted by Crippen LogP contribution is -2.51. The summed E-state index contributed by atoms with van der Waals surface area (Å²) in [6, 6.07) is 22.1. The van der Waals surface area contributed by atoms with E-state index in [9.17, 15) is 14.7 Å². The minimum Gasteiger partial charge on any atom is -0.488 e. The lowest BCUT2D eigenvalue weighted by atomic mass is 9.90. The summed E-state index contributed by atoms with van der Waals surface area (Å²) in [7, 11) is 0. The smallest absolute Gasteiger partial charge is 0.326 e. The molecule has 7 heteroatoms. The molecule has 7 nitrogen and oxygen atoms in total. The molecule has 0 aromatic heterocycles. The number of nitrogens with zero attached hydrogens (tertiary/aromatic N) is 1. The third kappa shape index (κ3) is 5.74. The van der Waals surface area contributed by atoms with Crippen molar-refractivity contribution in [3.05, 3.63) is 101 Å². The zero-order valence-electron chi connectivity index (χ0n) is 21.5. The second-order valence-corrected chi connectivity index (χ2v) is 9.89. The van der Waals surface area contributed by atoms with Gasteiger partial charge in [-0.2, -0.15) is 0 Å². The van der Waals surface area contributed by atoms with Crippen LogP contribution in [0.1, 0.15) is 46.8 Å². The number of hydrogen-bond acceptors (Lipinski definition) is 5. The molecule has 198 valence electrons. The van der Waals surface area contributed by atoms with Gasteiger partial charge in [-0.05, 0) is 42.0 Å². The van der Waals surface area contributed by atoms with Gasteiger partial charge in [-0.15, -0.1) is 0 Å². The Kier molecular flexibility index (Phi) is 8.05. The molecular formula is C31H33NO6. The summed E-state index contributed by atoms with van der Waals surface area (Å²) in [6.07, 6.45) is 0.550. The number of carboxylic acid groups (broad SMARTS) is 1. The first-order chi connectivity index (χ1) is 18.5. The van der Waals surface area contributed by atoms with Gasteiger partial charge in [0.15, 0.2) is 6.10 Å². The Morgan fingerprint density at radius 2 is 1.68 bits per heavy atom. The van der Waals surface area contributed by atoms with Crippen molar-refractivity contribution in [2.45, 2.75) is 57.6 Å². The van der Waals surface area contributed by atoms with Crippen LogP contribution in [0.3, 0.4) is 0 Å². The first kappa shape index (κ1) is 25.9. The lowest BCUT2D eigenvalue weighted by molar-refractivity contribution is -0.162. The van der Waals surface area contributed by atoms with Crippen LogP contribution in [0.15, 0.2) is 72.8 Å². The summed E-state index contributed by atoms with van der Waals surface area (Å²) in [5.74, 6) is -0.687. The predicted octanol–water partition coefficient (Wildman–Crippen LogP) is 4.85. The molecule has 2 heterocycles. The Morgan fingerprint density at radius 1 is 1.00 bits per heavy atom. The molecule has 3 aromatic rings. The van der Waals surface area contributed by atoms with Crippen molar-refractivity contribution < 1.29 is 28.9 Å². The number of hydrogen-bond donors (Lipinski definition) is 1. The predicted molar refractivity (Wildman–Crippen MR) is 142 cm³/mol. The quantitative estimate of drug-likeness (QED) is 0.462. The first-order valence-corrected chi connectivity index (χ1v) is 13.1. The van der Waals surface area contributed by atoms with Crippen molar-refractivity contribution in [2.75, 3.05) is 13.2 Å². The second kappa shape index (κ2) is 11.8. The van der Waals surface area contributed by atoms with Crippen LogP contribution in [0.5, 0.6) is 5.75 Å². The molecule has 2 atom stereocenters. The Balaban J connectivity index is 1.44. The molecule has 0 bridgehead atoms. The molecule has 0 saturated carbocycles. The zero-order valence-corrected chi connectivity index (χ0v) is 21.5. The summed E-state index contributed by atoms with van der Waals surface area (Å²) in [6.45, 7) is 3.68. The number of fused-ring (bicyclic) bond motifs is 1. The van der Waals surface area contributed by atoms with Crippen LogP contribution in [0.4, 0.5) is 0 Å². The van der Waals surface area contributed by atoms with Crippen molar-refractivity contribution in [1.29, 1.82) is 0 Å². The summed E-state index contributed by atoms with van der Waals surface area (Å²) >= 11 is 0.